The molecule has 2 aromatic carbocycles. The zero-order chi connectivity index (χ0) is 18.5. The first-order valence-corrected chi connectivity index (χ1v) is 7.27. The van der Waals surface area contributed by atoms with E-state index in [2.05, 4.69) is 30.8 Å². The van der Waals surface area contributed by atoms with Gasteiger partial charge in [-0.3, -0.25) is 10.1 Å². The van der Waals surface area contributed by atoms with Gasteiger partial charge in [0.2, 0.25) is 17.8 Å². The number of nitrogen functional groups attached to an aromatic ring is 1. The van der Waals surface area contributed by atoms with E-state index in [-0.39, 0.29) is 29.2 Å². The van der Waals surface area contributed by atoms with Gasteiger partial charge in [-0.05, 0) is 29.4 Å². The van der Waals surface area contributed by atoms with Gasteiger partial charge in [-0.15, -0.1) is 4.91 Å². The molecule has 1 heterocycles. The molecular formula is C15H12N8O3. The third-order valence-corrected chi connectivity index (χ3v) is 3.17. The third-order valence-electron chi connectivity index (χ3n) is 3.17. The zero-order valence-electron chi connectivity index (χ0n) is 13.2. The molecule has 1 aromatic heterocycles. The van der Waals surface area contributed by atoms with Crippen molar-refractivity contribution in [1.82, 2.24) is 15.0 Å². The van der Waals surface area contributed by atoms with Gasteiger partial charge in [0, 0.05) is 23.5 Å². The van der Waals surface area contributed by atoms with E-state index >= 15 is 0 Å². The van der Waals surface area contributed by atoms with Crippen molar-refractivity contribution >= 4 is 40.6 Å². The molecule has 0 fully saturated rings. The van der Waals surface area contributed by atoms with Crippen LogP contribution in [0.5, 0.6) is 0 Å². The standard InChI is InChI=1S/C15H12N8O3/c16-13-19-14(17-9-3-1-5-11(7-9)22-24)21-15(20-13)18-10-4-2-6-12(8-10)23(25)26/h1-8H,(H4,16,17,18,19,20,21). The number of benzene rings is 2. The molecule has 0 saturated carbocycles. The Hall–Kier alpha value is -4.15. The predicted molar refractivity (Wildman–Crippen MR) is 95.8 cm³/mol. The molecular weight excluding hydrogens is 340 g/mol. The first kappa shape index (κ1) is 16.7. The highest BCUT2D eigenvalue weighted by molar-refractivity contribution is 5.62. The highest BCUT2D eigenvalue weighted by Crippen LogP contribution is 2.23. The van der Waals surface area contributed by atoms with Crippen molar-refractivity contribution in [3.8, 4) is 0 Å². The van der Waals surface area contributed by atoms with Gasteiger partial charge < -0.3 is 16.4 Å². The van der Waals surface area contributed by atoms with Crippen LogP contribution < -0.4 is 16.4 Å². The van der Waals surface area contributed by atoms with E-state index in [9.17, 15) is 15.0 Å². The summed E-state index contributed by atoms with van der Waals surface area (Å²) >= 11 is 0. The summed E-state index contributed by atoms with van der Waals surface area (Å²) < 4.78 is 0. The number of hydrogen-bond donors (Lipinski definition) is 3. The number of nitrogens with one attached hydrogen (secondary N) is 2. The number of non-ortho nitro benzene ring substituents is 1. The molecule has 130 valence electrons. The lowest BCUT2D eigenvalue weighted by Gasteiger charge is -2.09. The molecule has 0 saturated heterocycles. The Labute approximate surface area is 146 Å². The molecule has 3 aromatic rings. The van der Waals surface area contributed by atoms with Gasteiger partial charge >= 0.3 is 0 Å². The second kappa shape index (κ2) is 7.17. The smallest absolute Gasteiger partial charge is 0.271 e. The molecule has 11 nitrogen and oxygen atoms in total. The van der Waals surface area contributed by atoms with E-state index in [0.717, 1.165) is 0 Å². The maximum Gasteiger partial charge on any atom is 0.271 e. The Morgan fingerprint density at radius 1 is 0.962 bits per heavy atom. The normalized spacial score (nSPS) is 10.2. The van der Waals surface area contributed by atoms with Crippen molar-refractivity contribution in [2.45, 2.75) is 0 Å². The maximum absolute atomic E-state index is 10.8. The molecule has 3 rings (SSSR count). The molecule has 11 heteroatoms. The van der Waals surface area contributed by atoms with Crippen LogP contribution in [0.2, 0.25) is 0 Å². The van der Waals surface area contributed by atoms with Gasteiger partial charge in [0.25, 0.3) is 5.69 Å². The predicted octanol–water partition coefficient (Wildman–Crippen LogP) is 3.25. The number of nitroso groups, excluding NO2 is 1. The minimum absolute atomic E-state index is 0.0555. The molecule has 4 N–H and O–H groups in total. The zero-order valence-corrected chi connectivity index (χ0v) is 13.2. The van der Waals surface area contributed by atoms with Crippen molar-refractivity contribution < 1.29 is 4.92 Å². The van der Waals surface area contributed by atoms with Crippen LogP contribution in [0.1, 0.15) is 0 Å². The first-order chi connectivity index (χ1) is 12.5. The number of rotatable bonds is 6. The van der Waals surface area contributed by atoms with Crippen LogP contribution in [0.4, 0.5) is 40.6 Å². The summed E-state index contributed by atoms with van der Waals surface area (Å²) in [6, 6.07) is 12.3. The van der Waals surface area contributed by atoms with Gasteiger partial charge in [-0.25, -0.2) is 0 Å². The number of nitrogens with two attached hydrogens (primary N) is 1. The Morgan fingerprint density at radius 2 is 1.58 bits per heavy atom. The van der Waals surface area contributed by atoms with Gasteiger partial charge in [0.05, 0.1) is 4.92 Å². The number of anilines is 5. The Balaban J connectivity index is 1.84. The number of aromatic nitrogens is 3. The molecule has 0 aliphatic heterocycles. The van der Waals surface area contributed by atoms with Crippen molar-refractivity contribution in [3.05, 3.63) is 63.6 Å². The van der Waals surface area contributed by atoms with E-state index in [4.69, 9.17) is 5.73 Å². The summed E-state index contributed by atoms with van der Waals surface area (Å²) in [7, 11) is 0. The monoisotopic (exact) mass is 352 g/mol. The number of nitro groups is 1. The van der Waals surface area contributed by atoms with E-state index in [0.29, 0.717) is 11.4 Å². The SMILES string of the molecule is Nc1nc(Nc2cccc(N=O)c2)nc(Nc2cccc([N+](=O)[O-])c2)n1. The average Bonchev–Trinajstić information content (AvgIpc) is 2.61. The van der Waals surface area contributed by atoms with Crippen LogP contribution in [-0.4, -0.2) is 19.9 Å². The lowest BCUT2D eigenvalue weighted by Crippen LogP contribution is -2.07. The average molecular weight is 352 g/mol. The maximum atomic E-state index is 10.8. The molecule has 0 aliphatic rings. The number of hydrogen-bond acceptors (Lipinski definition) is 10. The lowest BCUT2D eigenvalue weighted by atomic mass is 10.3. The molecule has 0 radical (unpaired) electrons. The van der Waals surface area contributed by atoms with Gasteiger partial charge in [-0.1, -0.05) is 12.1 Å². The molecule has 0 spiro atoms. The second-order valence-electron chi connectivity index (χ2n) is 5.04. The number of nitro benzene ring substituents is 1. The van der Waals surface area contributed by atoms with Crippen molar-refractivity contribution in [1.29, 1.82) is 0 Å². The largest absolute Gasteiger partial charge is 0.368 e. The Bertz CT molecular complexity index is 979. The summed E-state index contributed by atoms with van der Waals surface area (Å²) in [6.45, 7) is 0. The van der Waals surface area contributed by atoms with Gasteiger partial charge in [0.1, 0.15) is 5.69 Å². The van der Waals surface area contributed by atoms with Crippen LogP contribution >= 0.6 is 0 Å². The molecule has 0 aliphatic carbocycles. The fourth-order valence-electron chi connectivity index (χ4n) is 2.10. The van der Waals surface area contributed by atoms with Crippen LogP contribution in [0.3, 0.4) is 0 Å². The molecule has 0 unspecified atom stereocenters. The van der Waals surface area contributed by atoms with E-state index < -0.39 is 4.92 Å². The summed E-state index contributed by atoms with van der Waals surface area (Å²) in [6.07, 6.45) is 0. The van der Waals surface area contributed by atoms with Gasteiger partial charge in [-0.2, -0.15) is 15.0 Å². The Kier molecular flexibility index (Phi) is 4.60. The number of nitrogens with zero attached hydrogens (tertiary/aromatic N) is 5. The summed E-state index contributed by atoms with van der Waals surface area (Å²) in [5.74, 6) is 0.179. The lowest BCUT2D eigenvalue weighted by molar-refractivity contribution is -0.384. The Morgan fingerprint density at radius 3 is 2.19 bits per heavy atom. The summed E-state index contributed by atoms with van der Waals surface area (Å²) in [4.78, 5) is 33.0. The summed E-state index contributed by atoms with van der Waals surface area (Å²) in [5, 5.41) is 19.4. The molecule has 0 amide bonds. The quantitative estimate of drug-likeness (QED) is 0.343. The fraction of sp³-hybridized carbons (Fsp3) is 0. The third kappa shape index (κ3) is 4.03. The van der Waals surface area contributed by atoms with Crippen molar-refractivity contribution in [3.63, 3.8) is 0 Å². The van der Waals surface area contributed by atoms with Crippen LogP contribution in [0, 0.1) is 15.0 Å². The van der Waals surface area contributed by atoms with Crippen LogP contribution in [-0.2, 0) is 0 Å². The molecule has 0 bridgehead atoms. The minimum Gasteiger partial charge on any atom is -0.368 e. The van der Waals surface area contributed by atoms with Crippen molar-refractivity contribution in [2.75, 3.05) is 16.4 Å². The topological polar surface area (TPSA) is 161 Å². The van der Waals surface area contributed by atoms with Crippen LogP contribution in [0.25, 0.3) is 0 Å². The molecule has 26 heavy (non-hydrogen) atoms. The van der Waals surface area contributed by atoms with Gasteiger partial charge in [0.15, 0.2) is 0 Å². The summed E-state index contributed by atoms with van der Waals surface area (Å²) in [5.41, 5.74) is 6.80. The van der Waals surface area contributed by atoms with Crippen molar-refractivity contribution in [2.24, 2.45) is 5.18 Å². The minimum atomic E-state index is -0.506. The first-order valence-electron chi connectivity index (χ1n) is 7.27. The highest BCUT2D eigenvalue weighted by Gasteiger charge is 2.09. The highest BCUT2D eigenvalue weighted by atomic mass is 16.6. The van der Waals surface area contributed by atoms with Crippen LogP contribution in [0.15, 0.2) is 53.7 Å². The second-order valence-corrected chi connectivity index (χ2v) is 5.04. The van der Waals surface area contributed by atoms with E-state index in [1.807, 2.05) is 0 Å². The van der Waals surface area contributed by atoms with E-state index in [1.165, 1.54) is 24.3 Å². The van der Waals surface area contributed by atoms with E-state index in [1.54, 1.807) is 24.3 Å². The fourth-order valence-corrected chi connectivity index (χ4v) is 2.10. The molecule has 0 atom stereocenters.